The lowest BCUT2D eigenvalue weighted by atomic mass is 10.1. The Morgan fingerprint density at radius 1 is 1.05 bits per heavy atom. The quantitative estimate of drug-likeness (QED) is 0.246. The van der Waals surface area contributed by atoms with Crippen molar-refractivity contribution in [3.63, 3.8) is 0 Å². The van der Waals surface area contributed by atoms with Crippen molar-refractivity contribution in [3.8, 4) is 11.5 Å². The van der Waals surface area contributed by atoms with E-state index in [4.69, 9.17) is 42.1 Å². The number of rotatable bonds is 16. The van der Waals surface area contributed by atoms with Gasteiger partial charge < -0.3 is 29.0 Å². The van der Waals surface area contributed by atoms with Crippen LogP contribution < -0.4 is 9.47 Å². The van der Waals surface area contributed by atoms with Gasteiger partial charge in [-0.2, -0.15) is 0 Å². The van der Waals surface area contributed by atoms with Crippen LogP contribution in [0.2, 0.25) is 10.0 Å². The van der Waals surface area contributed by atoms with Gasteiger partial charge in [0.1, 0.15) is 19.0 Å². The zero-order valence-electron chi connectivity index (χ0n) is 21.1. The molecular formula is C26H31Cl2F2NO7. The molecule has 0 saturated heterocycles. The number of amides is 1. The summed E-state index contributed by atoms with van der Waals surface area (Å²) in [7, 11) is 0. The van der Waals surface area contributed by atoms with E-state index in [-0.39, 0.29) is 56.5 Å². The van der Waals surface area contributed by atoms with Crippen LogP contribution in [0.4, 0.5) is 13.6 Å². The molecule has 0 fully saturated rings. The molecule has 0 aliphatic rings. The molecule has 210 valence electrons. The Bertz CT molecular complexity index is 1040. The molecule has 0 aliphatic carbocycles. The predicted octanol–water partition coefficient (Wildman–Crippen LogP) is 5.97. The summed E-state index contributed by atoms with van der Waals surface area (Å²) in [4.78, 5) is 25.3. The van der Waals surface area contributed by atoms with Gasteiger partial charge in [-0.25, -0.2) is 18.4 Å². The molecule has 2 aromatic carbocycles. The second-order valence-corrected chi connectivity index (χ2v) is 9.01. The third-order valence-electron chi connectivity index (χ3n) is 5.30. The van der Waals surface area contributed by atoms with Crippen molar-refractivity contribution >= 4 is 35.3 Å². The minimum Gasteiger partial charge on any atom is -0.492 e. The lowest BCUT2D eigenvalue weighted by Gasteiger charge is -2.23. The third-order valence-corrected chi connectivity index (χ3v) is 5.83. The molecule has 0 spiro atoms. The number of carbonyl (C=O) groups is 2. The highest BCUT2D eigenvalue weighted by Gasteiger charge is 2.26. The van der Waals surface area contributed by atoms with Crippen molar-refractivity contribution in [1.82, 2.24) is 4.90 Å². The van der Waals surface area contributed by atoms with Gasteiger partial charge in [0.2, 0.25) is 0 Å². The van der Waals surface area contributed by atoms with E-state index in [9.17, 15) is 23.5 Å². The first-order valence-corrected chi connectivity index (χ1v) is 12.7. The summed E-state index contributed by atoms with van der Waals surface area (Å²) in [5.41, 5.74) is 0.754. The fourth-order valence-corrected chi connectivity index (χ4v) is 3.58. The molecule has 12 heteroatoms. The van der Waals surface area contributed by atoms with Crippen molar-refractivity contribution in [2.45, 2.75) is 38.7 Å². The van der Waals surface area contributed by atoms with Crippen LogP contribution in [-0.4, -0.2) is 73.6 Å². The summed E-state index contributed by atoms with van der Waals surface area (Å²) in [6.45, 7) is 2.56. The van der Waals surface area contributed by atoms with Gasteiger partial charge in [-0.05, 0) is 42.8 Å². The maximum absolute atomic E-state index is 13.5. The number of nitrogens with zero attached hydrogens (tertiary/aromatic N) is 1. The monoisotopic (exact) mass is 577 g/mol. The van der Waals surface area contributed by atoms with Crippen LogP contribution in [0.25, 0.3) is 0 Å². The molecule has 0 heterocycles. The molecule has 0 bridgehead atoms. The summed E-state index contributed by atoms with van der Waals surface area (Å²) >= 11 is 12.0. The van der Waals surface area contributed by atoms with Crippen LogP contribution in [0, 0.1) is 0 Å². The number of ether oxygens (including phenoxy) is 4. The van der Waals surface area contributed by atoms with E-state index >= 15 is 0 Å². The molecule has 1 atom stereocenters. The van der Waals surface area contributed by atoms with E-state index < -0.39 is 30.7 Å². The minimum atomic E-state index is -2.95. The van der Waals surface area contributed by atoms with E-state index in [2.05, 4.69) is 0 Å². The van der Waals surface area contributed by atoms with E-state index in [0.29, 0.717) is 10.8 Å². The maximum Gasteiger partial charge on any atom is 0.415 e. The molecule has 8 nitrogen and oxygen atoms in total. The number of carbonyl (C=O) groups excluding carboxylic acids is 1. The topological polar surface area (TPSA) is 94.5 Å². The molecule has 1 unspecified atom stereocenters. The SMILES string of the molecule is CCOC(Cc1ccc(OCCN(CCOCC(F)(F)CC)C(=O)Oc2ccc(Cl)cc2Cl)cc1)C(=O)O. The molecule has 0 aliphatic heterocycles. The Kier molecular flexibility index (Phi) is 13.0. The molecule has 1 N–H and O–H groups in total. The van der Waals surface area contributed by atoms with Gasteiger partial charge >= 0.3 is 12.1 Å². The molecule has 0 saturated carbocycles. The lowest BCUT2D eigenvalue weighted by Crippen LogP contribution is -2.39. The number of alkyl halides is 2. The molecule has 0 aromatic heterocycles. The highest BCUT2D eigenvalue weighted by atomic mass is 35.5. The Balaban J connectivity index is 1.96. The number of benzene rings is 2. The summed E-state index contributed by atoms with van der Waals surface area (Å²) in [5.74, 6) is -3.41. The van der Waals surface area contributed by atoms with Crippen LogP contribution in [0.5, 0.6) is 11.5 Å². The maximum atomic E-state index is 13.5. The number of hydrogen-bond acceptors (Lipinski definition) is 6. The van der Waals surface area contributed by atoms with E-state index in [1.54, 1.807) is 31.2 Å². The zero-order chi connectivity index (χ0) is 28.1. The van der Waals surface area contributed by atoms with Gasteiger partial charge in [-0.3, -0.25) is 0 Å². The molecular weight excluding hydrogens is 547 g/mol. The predicted molar refractivity (Wildman–Crippen MR) is 139 cm³/mol. The van der Waals surface area contributed by atoms with E-state index in [0.717, 1.165) is 5.56 Å². The van der Waals surface area contributed by atoms with E-state index in [1.807, 2.05) is 0 Å². The van der Waals surface area contributed by atoms with Crippen molar-refractivity contribution in [1.29, 1.82) is 0 Å². The fraction of sp³-hybridized carbons (Fsp3) is 0.462. The first-order chi connectivity index (χ1) is 18.0. The Morgan fingerprint density at radius 2 is 1.74 bits per heavy atom. The third kappa shape index (κ3) is 11.0. The number of halogens is 4. The molecule has 0 radical (unpaired) electrons. The van der Waals surface area contributed by atoms with E-state index in [1.165, 1.54) is 30.0 Å². The summed E-state index contributed by atoms with van der Waals surface area (Å²) < 4.78 is 48.3. The largest absolute Gasteiger partial charge is 0.492 e. The molecule has 38 heavy (non-hydrogen) atoms. The molecule has 2 rings (SSSR count). The van der Waals surface area contributed by atoms with Crippen molar-refractivity contribution in [2.75, 3.05) is 39.5 Å². The smallest absolute Gasteiger partial charge is 0.415 e. The highest BCUT2D eigenvalue weighted by Crippen LogP contribution is 2.28. The Morgan fingerprint density at radius 3 is 2.34 bits per heavy atom. The Labute approximate surface area is 230 Å². The van der Waals surface area contributed by atoms with Crippen LogP contribution in [-0.2, 0) is 20.7 Å². The van der Waals surface area contributed by atoms with Gasteiger partial charge in [-0.1, -0.05) is 42.3 Å². The second kappa shape index (κ2) is 15.7. The van der Waals surface area contributed by atoms with Gasteiger partial charge in [0.25, 0.3) is 5.92 Å². The normalized spacial score (nSPS) is 12.2. The van der Waals surface area contributed by atoms with Crippen LogP contribution in [0.1, 0.15) is 25.8 Å². The highest BCUT2D eigenvalue weighted by molar-refractivity contribution is 6.35. The second-order valence-electron chi connectivity index (χ2n) is 8.17. The zero-order valence-corrected chi connectivity index (χ0v) is 22.6. The number of carboxylic acids is 1. The molecule has 1 amide bonds. The lowest BCUT2D eigenvalue weighted by molar-refractivity contribution is -0.149. The standard InChI is InChI=1S/C26H31Cl2F2NO7/c1-3-26(29,30)17-35-13-11-31(25(34)38-22-10-7-19(27)16-21(22)28)12-14-37-20-8-5-18(6-9-20)15-23(24(32)33)36-4-2/h5-10,16,23H,3-4,11-15,17H2,1-2H3,(H,32,33). The Hall–Kier alpha value is -2.66. The molecule has 2 aromatic rings. The summed E-state index contributed by atoms with van der Waals surface area (Å²) in [6, 6.07) is 11.2. The van der Waals surface area contributed by atoms with Gasteiger partial charge in [0, 0.05) is 31.0 Å². The number of aliphatic carboxylic acids is 1. The first kappa shape index (κ1) is 31.6. The van der Waals surface area contributed by atoms with Crippen molar-refractivity contribution in [2.24, 2.45) is 0 Å². The number of carboxylic acid groups (broad SMARTS) is 1. The fourth-order valence-electron chi connectivity index (χ4n) is 3.14. The van der Waals surface area contributed by atoms with Gasteiger partial charge in [-0.15, -0.1) is 0 Å². The van der Waals surface area contributed by atoms with Gasteiger partial charge in [0.15, 0.2) is 11.9 Å². The van der Waals surface area contributed by atoms with Crippen molar-refractivity contribution in [3.05, 3.63) is 58.1 Å². The number of hydrogen-bond donors (Lipinski definition) is 1. The summed E-state index contributed by atoms with van der Waals surface area (Å²) in [6.07, 6.45) is -1.87. The summed E-state index contributed by atoms with van der Waals surface area (Å²) in [5, 5.41) is 9.73. The van der Waals surface area contributed by atoms with Crippen LogP contribution >= 0.6 is 23.2 Å². The van der Waals surface area contributed by atoms with Crippen LogP contribution in [0.15, 0.2) is 42.5 Å². The van der Waals surface area contributed by atoms with Gasteiger partial charge in [0.05, 0.1) is 18.2 Å². The average molecular weight is 578 g/mol. The average Bonchev–Trinajstić information content (AvgIpc) is 2.87. The minimum absolute atomic E-state index is 0.0276. The first-order valence-electron chi connectivity index (χ1n) is 12.0. The van der Waals surface area contributed by atoms with Crippen molar-refractivity contribution < 1.29 is 42.4 Å². The van der Waals surface area contributed by atoms with Crippen LogP contribution in [0.3, 0.4) is 0 Å².